The summed E-state index contributed by atoms with van der Waals surface area (Å²) >= 11 is 16.6. The van der Waals surface area contributed by atoms with Gasteiger partial charge >= 0.3 is 0 Å². The molecule has 9 heteroatoms. The summed E-state index contributed by atoms with van der Waals surface area (Å²) < 4.78 is 6.35. The van der Waals surface area contributed by atoms with E-state index in [1.165, 1.54) is 11.3 Å². The minimum atomic E-state index is -0.152. The van der Waals surface area contributed by atoms with Crippen LogP contribution in [0.3, 0.4) is 0 Å². The molecule has 118 valence electrons. The van der Waals surface area contributed by atoms with Crippen LogP contribution < -0.4 is 4.74 Å². The number of aromatic nitrogens is 3. The lowest BCUT2D eigenvalue weighted by atomic mass is 10.1. The Bertz CT molecular complexity index is 819. The maximum atomic E-state index is 9.57. The predicted molar refractivity (Wildman–Crippen MR) is 93.3 cm³/mol. The second-order valence-electron chi connectivity index (χ2n) is 4.41. The zero-order valence-corrected chi connectivity index (χ0v) is 15.2. The van der Waals surface area contributed by atoms with Crippen LogP contribution in [0, 0.1) is 0 Å². The molecule has 0 spiro atoms. The first-order valence-electron chi connectivity index (χ1n) is 6.28. The van der Waals surface area contributed by atoms with Gasteiger partial charge in [-0.2, -0.15) is 0 Å². The molecule has 2 aromatic heterocycles. The van der Waals surface area contributed by atoms with Crippen molar-refractivity contribution < 1.29 is 9.84 Å². The Kier molecular flexibility index (Phi) is 5.01. The van der Waals surface area contributed by atoms with Crippen LogP contribution in [0.5, 0.6) is 11.6 Å². The van der Waals surface area contributed by atoms with Crippen molar-refractivity contribution in [2.45, 2.75) is 6.61 Å². The predicted octanol–water partition coefficient (Wildman–Crippen LogP) is 4.95. The van der Waals surface area contributed by atoms with Crippen molar-refractivity contribution in [3.05, 3.63) is 49.3 Å². The van der Waals surface area contributed by atoms with Gasteiger partial charge in [0.05, 0.1) is 20.6 Å². The first-order chi connectivity index (χ1) is 11.0. The average Bonchev–Trinajstić information content (AvgIpc) is 2.96. The summed E-state index contributed by atoms with van der Waals surface area (Å²) in [6.45, 7) is 0.369. The van der Waals surface area contributed by atoms with Crippen LogP contribution in [0.2, 0.25) is 10.0 Å². The van der Waals surface area contributed by atoms with E-state index in [0.717, 1.165) is 8.79 Å². The van der Waals surface area contributed by atoms with Gasteiger partial charge in [0.2, 0.25) is 5.88 Å². The standard InChI is InChI=1S/C14H8BrCl2N3O2S/c15-14-18-5-8(23-14)6-22-12-2-1-11(19-20-12)7-3-9(16)13(21)10(17)4-7/h1-5,21H,6H2. The van der Waals surface area contributed by atoms with Crippen LogP contribution in [-0.4, -0.2) is 20.3 Å². The number of phenolic OH excluding ortho intramolecular Hbond substituents is 1. The van der Waals surface area contributed by atoms with Crippen molar-refractivity contribution in [2.24, 2.45) is 0 Å². The number of hydrogen-bond donors (Lipinski definition) is 1. The average molecular weight is 433 g/mol. The number of benzene rings is 1. The van der Waals surface area contributed by atoms with Gasteiger partial charge in [0.1, 0.15) is 6.61 Å². The highest BCUT2D eigenvalue weighted by molar-refractivity contribution is 9.11. The van der Waals surface area contributed by atoms with Gasteiger partial charge in [-0.05, 0) is 34.1 Å². The van der Waals surface area contributed by atoms with Crippen molar-refractivity contribution in [1.29, 1.82) is 0 Å². The molecule has 1 aromatic carbocycles. The fraction of sp³-hybridized carbons (Fsp3) is 0.0714. The Labute approximate surface area is 154 Å². The van der Waals surface area contributed by atoms with E-state index in [4.69, 9.17) is 27.9 Å². The SMILES string of the molecule is Oc1c(Cl)cc(-c2ccc(OCc3cnc(Br)s3)nn2)cc1Cl. The second kappa shape index (κ2) is 7.00. The van der Waals surface area contributed by atoms with Crippen molar-refractivity contribution in [1.82, 2.24) is 15.2 Å². The first kappa shape index (κ1) is 16.4. The normalized spacial score (nSPS) is 10.7. The van der Waals surface area contributed by atoms with Crippen molar-refractivity contribution >= 4 is 50.5 Å². The van der Waals surface area contributed by atoms with E-state index in [1.807, 2.05) is 0 Å². The fourth-order valence-corrected chi connectivity index (χ4v) is 3.52. The third-order valence-electron chi connectivity index (χ3n) is 2.84. The molecule has 0 radical (unpaired) electrons. The van der Waals surface area contributed by atoms with Crippen LogP contribution in [0.1, 0.15) is 4.88 Å². The lowest BCUT2D eigenvalue weighted by Crippen LogP contribution is -1.97. The molecular formula is C14H8BrCl2N3O2S. The van der Waals surface area contributed by atoms with E-state index in [0.29, 0.717) is 23.7 Å². The van der Waals surface area contributed by atoms with E-state index >= 15 is 0 Å². The Morgan fingerprint density at radius 1 is 1.17 bits per heavy atom. The van der Waals surface area contributed by atoms with Crippen LogP contribution in [-0.2, 0) is 6.61 Å². The van der Waals surface area contributed by atoms with E-state index in [1.54, 1.807) is 30.5 Å². The summed E-state index contributed by atoms with van der Waals surface area (Å²) in [5.74, 6) is 0.245. The smallest absolute Gasteiger partial charge is 0.233 e. The van der Waals surface area contributed by atoms with Crippen molar-refractivity contribution in [3.8, 4) is 22.9 Å². The molecule has 5 nitrogen and oxygen atoms in total. The van der Waals surface area contributed by atoms with Crippen LogP contribution >= 0.6 is 50.5 Å². The quantitative estimate of drug-likeness (QED) is 0.631. The topological polar surface area (TPSA) is 68.1 Å². The summed E-state index contributed by atoms with van der Waals surface area (Å²) in [4.78, 5) is 5.05. The number of rotatable bonds is 4. The lowest BCUT2D eigenvalue weighted by Gasteiger charge is -2.06. The molecule has 0 bridgehead atoms. The first-order valence-corrected chi connectivity index (χ1v) is 8.64. The Balaban J connectivity index is 1.74. The second-order valence-corrected chi connectivity index (χ2v) is 7.62. The molecule has 0 unspecified atom stereocenters. The van der Waals surface area contributed by atoms with Gasteiger partial charge in [0.25, 0.3) is 0 Å². The van der Waals surface area contributed by atoms with E-state index in [9.17, 15) is 5.11 Å². The van der Waals surface area contributed by atoms with Crippen LogP contribution in [0.4, 0.5) is 0 Å². The van der Waals surface area contributed by atoms with Crippen molar-refractivity contribution in [3.63, 3.8) is 0 Å². The number of aromatic hydroxyl groups is 1. The zero-order valence-electron chi connectivity index (χ0n) is 11.3. The molecule has 0 saturated heterocycles. The fourth-order valence-electron chi connectivity index (χ4n) is 1.76. The van der Waals surface area contributed by atoms with Gasteiger partial charge < -0.3 is 9.84 Å². The van der Waals surface area contributed by atoms with Crippen LogP contribution in [0.25, 0.3) is 11.3 Å². The number of hydrogen-bond acceptors (Lipinski definition) is 6. The highest BCUT2D eigenvalue weighted by atomic mass is 79.9. The van der Waals surface area contributed by atoms with Gasteiger partial charge in [0.15, 0.2) is 9.67 Å². The molecule has 0 saturated carbocycles. The Hall–Kier alpha value is -1.41. The molecular weight excluding hydrogens is 425 g/mol. The molecule has 0 aliphatic carbocycles. The highest BCUT2D eigenvalue weighted by Crippen LogP contribution is 2.35. The van der Waals surface area contributed by atoms with E-state index in [-0.39, 0.29) is 15.8 Å². The summed E-state index contributed by atoms with van der Waals surface area (Å²) in [5.41, 5.74) is 1.23. The number of ether oxygens (including phenoxy) is 1. The Morgan fingerprint density at radius 2 is 1.91 bits per heavy atom. The molecule has 0 aliphatic heterocycles. The van der Waals surface area contributed by atoms with Crippen molar-refractivity contribution in [2.75, 3.05) is 0 Å². The molecule has 1 N–H and O–H groups in total. The molecule has 23 heavy (non-hydrogen) atoms. The number of nitrogens with zero attached hydrogens (tertiary/aromatic N) is 3. The largest absolute Gasteiger partial charge is 0.505 e. The van der Waals surface area contributed by atoms with Gasteiger partial charge in [-0.1, -0.05) is 23.2 Å². The molecule has 3 rings (SSSR count). The van der Waals surface area contributed by atoms with Gasteiger partial charge in [-0.15, -0.1) is 21.5 Å². The summed E-state index contributed by atoms with van der Waals surface area (Å²) in [7, 11) is 0. The summed E-state index contributed by atoms with van der Waals surface area (Å²) in [5, 5.41) is 18.0. The minimum Gasteiger partial charge on any atom is -0.505 e. The van der Waals surface area contributed by atoms with Crippen LogP contribution in [0.15, 0.2) is 34.4 Å². The zero-order chi connectivity index (χ0) is 16.4. The van der Waals surface area contributed by atoms with Gasteiger partial charge in [-0.3, -0.25) is 0 Å². The molecule has 3 aromatic rings. The summed E-state index contributed by atoms with van der Waals surface area (Å²) in [6.07, 6.45) is 1.73. The maximum absolute atomic E-state index is 9.57. The van der Waals surface area contributed by atoms with Gasteiger partial charge in [0, 0.05) is 17.8 Å². The molecule has 0 aliphatic rings. The number of halogens is 3. The highest BCUT2D eigenvalue weighted by Gasteiger charge is 2.10. The minimum absolute atomic E-state index is 0.152. The number of thiazole rings is 1. The molecule has 0 fully saturated rings. The van der Waals surface area contributed by atoms with E-state index in [2.05, 4.69) is 31.1 Å². The Morgan fingerprint density at radius 3 is 2.48 bits per heavy atom. The summed E-state index contributed by atoms with van der Waals surface area (Å²) in [6, 6.07) is 6.58. The third kappa shape index (κ3) is 3.92. The maximum Gasteiger partial charge on any atom is 0.233 e. The lowest BCUT2D eigenvalue weighted by molar-refractivity contribution is 0.293. The van der Waals surface area contributed by atoms with Gasteiger partial charge in [-0.25, -0.2) is 4.98 Å². The molecule has 0 amide bonds. The molecule has 0 atom stereocenters. The molecule has 2 heterocycles. The number of phenols is 1. The monoisotopic (exact) mass is 431 g/mol. The van der Waals surface area contributed by atoms with E-state index < -0.39 is 0 Å². The third-order valence-corrected chi connectivity index (χ3v) is 4.87.